The SMILES string of the molecule is CCC1(CC)CNC(C2CCCCC2)CN1CCC1CC1. The largest absolute Gasteiger partial charge is 0.311 e. The van der Waals surface area contributed by atoms with Gasteiger partial charge in [-0.15, -0.1) is 0 Å². The minimum absolute atomic E-state index is 0.445. The number of piperazine rings is 1. The molecule has 2 aliphatic carbocycles. The van der Waals surface area contributed by atoms with Gasteiger partial charge >= 0.3 is 0 Å². The minimum atomic E-state index is 0.445. The second kappa shape index (κ2) is 7.00. The van der Waals surface area contributed by atoms with Crippen LogP contribution in [0.25, 0.3) is 0 Å². The molecular formula is C19H36N2. The molecule has 1 atom stereocenters. The van der Waals surface area contributed by atoms with Gasteiger partial charge in [0, 0.05) is 24.7 Å². The lowest BCUT2D eigenvalue weighted by Crippen LogP contribution is -2.65. The molecule has 3 fully saturated rings. The van der Waals surface area contributed by atoms with Crippen molar-refractivity contribution in [3.8, 4) is 0 Å². The standard InChI is InChI=1S/C19H36N2/c1-3-19(4-2)15-20-18(17-8-6-5-7-9-17)14-21(19)13-12-16-10-11-16/h16-18,20H,3-15H2,1-2H3. The molecule has 0 aromatic heterocycles. The summed E-state index contributed by atoms with van der Waals surface area (Å²) in [5.74, 6) is 2.02. The fraction of sp³-hybridized carbons (Fsp3) is 1.00. The van der Waals surface area contributed by atoms with Gasteiger partial charge in [-0.05, 0) is 50.5 Å². The highest BCUT2D eigenvalue weighted by molar-refractivity contribution is 4.99. The Morgan fingerprint density at radius 2 is 1.71 bits per heavy atom. The maximum absolute atomic E-state index is 3.97. The van der Waals surface area contributed by atoms with Gasteiger partial charge in [0.2, 0.25) is 0 Å². The van der Waals surface area contributed by atoms with Gasteiger partial charge in [0.15, 0.2) is 0 Å². The van der Waals surface area contributed by atoms with Crippen LogP contribution in [0.4, 0.5) is 0 Å². The molecule has 0 amide bonds. The van der Waals surface area contributed by atoms with Crippen molar-refractivity contribution in [2.75, 3.05) is 19.6 Å². The Balaban J connectivity index is 1.62. The Labute approximate surface area is 132 Å². The van der Waals surface area contributed by atoms with E-state index in [1.807, 2.05) is 0 Å². The molecule has 1 N–H and O–H groups in total. The van der Waals surface area contributed by atoms with Crippen LogP contribution in [-0.4, -0.2) is 36.1 Å². The van der Waals surface area contributed by atoms with Crippen molar-refractivity contribution in [2.45, 2.75) is 89.6 Å². The van der Waals surface area contributed by atoms with Crippen molar-refractivity contribution in [2.24, 2.45) is 11.8 Å². The van der Waals surface area contributed by atoms with E-state index in [1.54, 1.807) is 0 Å². The Kier molecular flexibility index (Phi) is 5.27. The van der Waals surface area contributed by atoms with Crippen molar-refractivity contribution in [1.82, 2.24) is 10.2 Å². The van der Waals surface area contributed by atoms with Gasteiger partial charge < -0.3 is 5.32 Å². The maximum Gasteiger partial charge on any atom is 0.0329 e. The van der Waals surface area contributed by atoms with Crippen molar-refractivity contribution in [3.05, 3.63) is 0 Å². The quantitative estimate of drug-likeness (QED) is 0.789. The number of hydrogen-bond acceptors (Lipinski definition) is 2. The molecule has 0 aromatic carbocycles. The number of rotatable bonds is 6. The Morgan fingerprint density at radius 3 is 2.33 bits per heavy atom. The van der Waals surface area contributed by atoms with Gasteiger partial charge in [-0.25, -0.2) is 0 Å². The van der Waals surface area contributed by atoms with Crippen LogP contribution in [-0.2, 0) is 0 Å². The summed E-state index contributed by atoms with van der Waals surface area (Å²) in [6.07, 6.45) is 14.4. The normalized spacial score (nSPS) is 31.4. The zero-order chi connectivity index (χ0) is 14.7. The van der Waals surface area contributed by atoms with Crippen LogP contribution in [0.5, 0.6) is 0 Å². The molecule has 122 valence electrons. The molecule has 21 heavy (non-hydrogen) atoms. The summed E-state index contributed by atoms with van der Waals surface area (Å²) < 4.78 is 0. The molecule has 0 radical (unpaired) electrons. The van der Waals surface area contributed by atoms with E-state index in [0.717, 1.165) is 17.9 Å². The Morgan fingerprint density at radius 1 is 1.00 bits per heavy atom. The van der Waals surface area contributed by atoms with Gasteiger partial charge in [0.25, 0.3) is 0 Å². The first kappa shape index (κ1) is 15.8. The third kappa shape index (κ3) is 3.64. The van der Waals surface area contributed by atoms with E-state index in [-0.39, 0.29) is 0 Å². The van der Waals surface area contributed by atoms with Gasteiger partial charge in [-0.3, -0.25) is 4.90 Å². The molecule has 3 rings (SSSR count). The first-order valence-electron chi connectivity index (χ1n) is 9.76. The van der Waals surface area contributed by atoms with Crippen LogP contribution in [0.15, 0.2) is 0 Å². The van der Waals surface area contributed by atoms with Gasteiger partial charge in [-0.2, -0.15) is 0 Å². The predicted octanol–water partition coefficient (Wildman–Crippen LogP) is 4.20. The molecular weight excluding hydrogens is 256 g/mol. The number of hydrogen-bond donors (Lipinski definition) is 1. The molecule has 1 aliphatic heterocycles. The summed E-state index contributed by atoms with van der Waals surface area (Å²) in [6, 6.07) is 0.774. The smallest absolute Gasteiger partial charge is 0.0329 e. The Hall–Kier alpha value is -0.0800. The molecule has 2 heteroatoms. The summed E-state index contributed by atoms with van der Waals surface area (Å²) >= 11 is 0. The molecule has 0 spiro atoms. The van der Waals surface area contributed by atoms with E-state index >= 15 is 0 Å². The summed E-state index contributed by atoms with van der Waals surface area (Å²) in [4.78, 5) is 2.90. The lowest BCUT2D eigenvalue weighted by Gasteiger charge is -2.51. The summed E-state index contributed by atoms with van der Waals surface area (Å²) in [6.45, 7) is 8.70. The van der Waals surface area contributed by atoms with Crippen LogP contribution in [0, 0.1) is 11.8 Å². The van der Waals surface area contributed by atoms with Crippen LogP contribution >= 0.6 is 0 Å². The predicted molar refractivity (Wildman–Crippen MR) is 90.6 cm³/mol. The van der Waals surface area contributed by atoms with E-state index in [1.165, 1.54) is 83.8 Å². The molecule has 1 heterocycles. The number of nitrogens with one attached hydrogen (secondary N) is 1. The highest BCUT2D eigenvalue weighted by Crippen LogP contribution is 2.36. The topological polar surface area (TPSA) is 15.3 Å². The van der Waals surface area contributed by atoms with Gasteiger partial charge in [0.05, 0.1) is 0 Å². The van der Waals surface area contributed by atoms with E-state index in [4.69, 9.17) is 0 Å². The average molecular weight is 293 g/mol. The Bertz CT molecular complexity index is 314. The third-order valence-electron chi connectivity index (χ3n) is 6.82. The molecule has 2 saturated carbocycles. The first-order chi connectivity index (χ1) is 10.3. The van der Waals surface area contributed by atoms with Crippen LogP contribution in [0.2, 0.25) is 0 Å². The molecule has 3 aliphatic rings. The van der Waals surface area contributed by atoms with Gasteiger partial charge in [0.1, 0.15) is 0 Å². The second-order valence-electron chi connectivity index (χ2n) is 7.99. The fourth-order valence-electron chi connectivity index (χ4n) is 4.80. The summed E-state index contributed by atoms with van der Waals surface area (Å²) in [7, 11) is 0. The van der Waals surface area contributed by atoms with Crippen LogP contribution in [0.1, 0.15) is 78.1 Å². The van der Waals surface area contributed by atoms with E-state index < -0.39 is 0 Å². The zero-order valence-electron chi connectivity index (χ0n) is 14.4. The van der Waals surface area contributed by atoms with Crippen molar-refractivity contribution in [1.29, 1.82) is 0 Å². The van der Waals surface area contributed by atoms with Crippen molar-refractivity contribution >= 4 is 0 Å². The van der Waals surface area contributed by atoms with E-state index in [9.17, 15) is 0 Å². The molecule has 1 saturated heterocycles. The fourth-order valence-corrected chi connectivity index (χ4v) is 4.80. The van der Waals surface area contributed by atoms with Crippen LogP contribution in [0.3, 0.4) is 0 Å². The highest BCUT2D eigenvalue weighted by Gasteiger charge is 2.41. The molecule has 0 bridgehead atoms. The van der Waals surface area contributed by atoms with E-state index in [2.05, 4.69) is 24.1 Å². The number of nitrogens with zero attached hydrogens (tertiary/aromatic N) is 1. The minimum Gasteiger partial charge on any atom is -0.311 e. The maximum atomic E-state index is 3.97. The molecule has 0 aromatic rings. The molecule has 2 nitrogen and oxygen atoms in total. The zero-order valence-corrected chi connectivity index (χ0v) is 14.4. The summed E-state index contributed by atoms with van der Waals surface area (Å²) in [5.41, 5.74) is 0.445. The average Bonchev–Trinajstić information content (AvgIpc) is 3.38. The van der Waals surface area contributed by atoms with Crippen molar-refractivity contribution in [3.63, 3.8) is 0 Å². The monoisotopic (exact) mass is 292 g/mol. The second-order valence-corrected chi connectivity index (χ2v) is 7.99. The summed E-state index contributed by atoms with van der Waals surface area (Å²) in [5, 5.41) is 3.97. The lowest BCUT2D eigenvalue weighted by atomic mass is 9.79. The van der Waals surface area contributed by atoms with Crippen molar-refractivity contribution < 1.29 is 0 Å². The third-order valence-corrected chi connectivity index (χ3v) is 6.82. The van der Waals surface area contributed by atoms with Crippen LogP contribution < -0.4 is 5.32 Å². The lowest BCUT2D eigenvalue weighted by molar-refractivity contribution is 0.0128. The highest BCUT2D eigenvalue weighted by atomic mass is 15.3. The van der Waals surface area contributed by atoms with Gasteiger partial charge in [-0.1, -0.05) is 46.0 Å². The first-order valence-corrected chi connectivity index (χ1v) is 9.76. The van der Waals surface area contributed by atoms with E-state index in [0.29, 0.717) is 5.54 Å². The molecule has 1 unspecified atom stereocenters.